The molecule has 2 aromatic heterocycles. The summed E-state index contributed by atoms with van der Waals surface area (Å²) in [5.74, 6) is -0.213. The molecule has 0 radical (unpaired) electrons. The Bertz CT molecular complexity index is 496. The standard InChI is InChI=1S/C11H12N4O2/c1-12-11(16)10-6-8(2-4-13-10)14-7-9-3-5-17-15-9/h2-6H,7H2,1H3,(H,12,16)(H,13,14). The lowest BCUT2D eigenvalue weighted by atomic mass is 10.3. The summed E-state index contributed by atoms with van der Waals surface area (Å²) in [6, 6.07) is 5.24. The summed E-state index contributed by atoms with van der Waals surface area (Å²) >= 11 is 0. The van der Waals surface area contributed by atoms with Crippen molar-refractivity contribution in [3.8, 4) is 0 Å². The average Bonchev–Trinajstić information content (AvgIpc) is 2.89. The lowest BCUT2D eigenvalue weighted by Crippen LogP contribution is -2.19. The Morgan fingerprint density at radius 1 is 1.47 bits per heavy atom. The average molecular weight is 232 g/mol. The third-order valence-corrected chi connectivity index (χ3v) is 2.18. The second kappa shape index (κ2) is 5.11. The van der Waals surface area contributed by atoms with Crippen molar-refractivity contribution in [2.24, 2.45) is 0 Å². The molecule has 0 saturated carbocycles. The van der Waals surface area contributed by atoms with Crippen molar-refractivity contribution in [2.45, 2.75) is 6.54 Å². The van der Waals surface area contributed by atoms with Gasteiger partial charge in [-0.2, -0.15) is 0 Å². The van der Waals surface area contributed by atoms with Gasteiger partial charge in [-0.15, -0.1) is 0 Å². The summed E-state index contributed by atoms with van der Waals surface area (Å²) in [5.41, 5.74) is 1.97. The first kappa shape index (κ1) is 11.1. The molecule has 0 bridgehead atoms. The van der Waals surface area contributed by atoms with Crippen molar-refractivity contribution in [1.82, 2.24) is 15.5 Å². The van der Waals surface area contributed by atoms with E-state index in [0.29, 0.717) is 12.2 Å². The zero-order chi connectivity index (χ0) is 12.1. The monoisotopic (exact) mass is 232 g/mol. The molecule has 2 heterocycles. The van der Waals surface area contributed by atoms with Gasteiger partial charge in [0.1, 0.15) is 17.7 Å². The molecule has 0 atom stereocenters. The van der Waals surface area contributed by atoms with E-state index < -0.39 is 0 Å². The van der Waals surface area contributed by atoms with E-state index in [9.17, 15) is 4.79 Å². The molecule has 2 aromatic rings. The van der Waals surface area contributed by atoms with Gasteiger partial charge >= 0.3 is 0 Å². The highest BCUT2D eigenvalue weighted by Gasteiger charge is 2.05. The van der Waals surface area contributed by atoms with Crippen LogP contribution < -0.4 is 10.6 Å². The Morgan fingerprint density at radius 2 is 2.35 bits per heavy atom. The molecule has 17 heavy (non-hydrogen) atoms. The molecule has 0 aliphatic heterocycles. The van der Waals surface area contributed by atoms with E-state index in [1.807, 2.05) is 0 Å². The summed E-state index contributed by atoms with van der Waals surface area (Å²) in [5, 5.41) is 9.42. The maximum absolute atomic E-state index is 11.4. The molecule has 0 saturated heterocycles. The molecule has 0 aromatic carbocycles. The Balaban J connectivity index is 2.03. The molecule has 2 N–H and O–H groups in total. The summed E-state index contributed by atoms with van der Waals surface area (Å²) < 4.78 is 4.72. The van der Waals surface area contributed by atoms with Crippen LogP contribution >= 0.6 is 0 Å². The summed E-state index contributed by atoms with van der Waals surface area (Å²) in [6.45, 7) is 0.535. The molecule has 88 valence electrons. The fourth-order valence-electron chi connectivity index (χ4n) is 1.31. The van der Waals surface area contributed by atoms with E-state index in [-0.39, 0.29) is 5.91 Å². The minimum atomic E-state index is -0.213. The van der Waals surface area contributed by atoms with Crippen molar-refractivity contribution in [1.29, 1.82) is 0 Å². The van der Waals surface area contributed by atoms with Crippen LogP contribution in [-0.2, 0) is 6.54 Å². The molecule has 6 nitrogen and oxygen atoms in total. The van der Waals surface area contributed by atoms with Gasteiger partial charge in [-0.3, -0.25) is 9.78 Å². The quantitative estimate of drug-likeness (QED) is 0.823. The van der Waals surface area contributed by atoms with Crippen molar-refractivity contribution < 1.29 is 9.32 Å². The molecule has 0 unspecified atom stereocenters. The summed E-state index contributed by atoms with van der Waals surface area (Å²) in [4.78, 5) is 15.3. The second-order valence-corrected chi connectivity index (χ2v) is 3.35. The third kappa shape index (κ3) is 2.81. The van der Waals surface area contributed by atoms with Crippen LogP contribution in [-0.4, -0.2) is 23.1 Å². The number of aromatic nitrogens is 2. The third-order valence-electron chi connectivity index (χ3n) is 2.18. The first-order valence-corrected chi connectivity index (χ1v) is 5.11. The number of anilines is 1. The van der Waals surface area contributed by atoms with Gasteiger partial charge in [-0.1, -0.05) is 5.16 Å². The molecule has 2 rings (SSSR count). The Kier molecular flexibility index (Phi) is 3.34. The zero-order valence-corrected chi connectivity index (χ0v) is 9.30. The lowest BCUT2D eigenvalue weighted by molar-refractivity contribution is 0.0958. The highest BCUT2D eigenvalue weighted by molar-refractivity contribution is 5.92. The van der Waals surface area contributed by atoms with Crippen LogP contribution in [0.1, 0.15) is 16.2 Å². The number of amides is 1. The molecular weight excluding hydrogens is 220 g/mol. The highest BCUT2D eigenvalue weighted by Crippen LogP contribution is 2.09. The van der Waals surface area contributed by atoms with E-state index in [0.717, 1.165) is 11.4 Å². The number of nitrogens with zero attached hydrogens (tertiary/aromatic N) is 2. The van der Waals surface area contributed by atoms with Gasteiger partial charge in [-0.05, 0) is 12.1 Å². The van der Waals surface area contributed by atoms with Crippen LogP contribution in [0.2, 0.25) is 0 Å². The van der Waals surface area contributed by atoms with E-state index in [4.69, 9.17) is 4.52 Å². The fraction of sp³-hybridized carbons (Fsp3) is 0.182. The molecule has 0 aliphatic rings. The van der Waals surface area contributed by atoms with Crippen LogP contribution in [0.15, 0.2) is 35.2 Å². The number of nitrogens with one attached hydrogen (secondary N) is 2. The maximum Gasteiger partial charge on any atom is 0.269 e. The largest absolute Gasteiger partial charge is 0.379 e. The molecular formula is C11H12N4O2. The molecule has 1 amide bonds. The first-order valence-electron chi connectivity index (χ1n) is 5.11. The molecule has 0 aliphatic carbocycles. The Morgan fingerprint density at radius 3 is 3.06 bits per heavy atom. The fourth-order valence-corrected chi connectivity index (χ4v) is 1.31. The van der Waals surface area contributed by atoms with Gasteiger partial charge in [-0.25, -0.2) is 0 Å². The van der Waals surface area contributed by atoms with Gasteiger partial charge in [0.25, 0.3) is 5.91 Å². The van der Waals surface area contributed by atoms with Crippen LogP contribution in [0.25, 0.3) is 0 Å². The number of hydrogen-bond acceptors (Lipinski definition) is 5. The van der Waals surface area contributed by atoms with Crippen LogP contribution in [0.3, 0.4) is 0 Å². The topological polar surface area (TPSA) is 80.0 Å². The Hall–Kier alpha value is -2.37. The second-order valence-electron chi connectivity index (χ2n) is 3.35. The van der Waals surface area contributed by atoms with Crippen LogP contribution in [0.5, 0.6) is 0 Å². The number of carbonyl (C=O) groups is 1. The van der Waals surface area contributed by atoms with Gasteiger partial charge in [0.2, 0.25) is 0 Å². The summed E-state index contributed by atoms with van der Waals surface area (Å²) in [7, 11) is 1.57. The van der Waals surface area contributed by atoms with Crippen LogP contribution in [0.4, 0.5) is 5.69 Å². The van der Waals surface area contributed by atoms with E-state index in [1.54, 1.807) is 31.4 Å². The Labute approximate surface area is 98.0 Å². The number of rotatable bonds is 4. The minimum Gasteiger partial charge on any atom is -0.379 e. The summed E-state index contributed by atoms with van der Waals surface area (Å²) in [6.07, 6.45) is 3.09. The van der Waals surface area contributed by atoms with Gasteiger partial charge in [0, 0.05) is 25.0 Å². The normalized spacial score (nSPS) is 9.94. The van der Waals surface area contributed by atoms with Crippen molar-refractivity contribution in [3.05, 3.63) is 42.0 Å². The number of carbonyl (C=O) groups excluding carboxylic acids is 1. The van der Waals surface area contributed by atoms with Crippen molar-refractivity contribution in [3.63, 3.8) is 0 Å². The number of hydrogen-bond donors (Lipinski definition) is 2. The van der Waals surface area contributed by atoms with E-state index in [1.165, 1.54) is 6.26 Å². The van der Waals surface area contributed by atoms with Crippen molar-refractivity contribution >= 4 is 11.6 Å². The predicted molar refractivity (Wildman–Crippen MR) is 61.5 cm³/mol. The van der Waals surface area contributed by atoms with Gasteiger partial charge < -0.3 is 15.2 Å². The molecule has 6 heteroatoms. The molecule has 0 spiro atoms. The van der Waals surface area contributed by atoms with E-state index >= 15 is 0 Å². The molecule has 0 fully saturated rings. The van der Waals surface area contributed by atoms with Gasteiger partial charge in [0.15, 0.2) is 0 Å². The SMILES string of the molecule is CNC(=O)c1cc(NCc2ccon2)ccn1. The lowest BCUT2D eigenvalue weighted by Gasteiger charge is -2.05. The highest BCUT2D eigenvalue weighted by atomic mass is 16.5. The van der Waals surface area contributed by atoms with Crippen molar-refractivity contribution in [2.75, 3.05) is 12.4 Å². The smallest absolute Gasteiger partial charge is 0.269 e. The number of pyridine rings is 1. The predicted octanol–water partition coefficient (Wildman–Crippen LogP) is 1.04. The van der Waals surface area contributed by atoms with E-state index in [2.05, 4.69) is 20.8 Å². The maximum atomic E-state index is 11.4. The first-order chi connectivity index (χ1) is 8.29. The van der Waals surface area contributed by atoms with Crippen LogP contribution in [0, 0.1) is 0 Å². The minimum absolute atomic E-state index is 0.213. The zero-order valence-electron chi connectivity index (χ0n) is 9.30. The van der Waals surface area contributed by atoms with Gasteiger partial charge in [0.05, 0.1) is 6.54 Å².